The Bertz CT molecular complexity index is 644. The number of rotatable bonds is 6. The fraction of sp³-hybridized carbons (Fsp3) is 0.188. The van der Waals surface area contributed by atoms with Gasteiger partial charge in [0.1, 0.15) is 5.82 Å². The molecule has 0 aliphatic rings. The summed E-state index contributed by atoms with van der Waals surface area (Å²) in [6, 6.07) is 12.1. The highest BCUT2D eigenvalue weighted by Gasteiger charge is 2.08. The van der Waals surface area contributed by atoms with Crippen molar-refractivity contribution < 1.29 is 14.3 Å². The molecule has 5 heteroatoms. The quantitative estimate of drug-likeness (QED) is 0.617. The van der Waals surface area contributed by atoms with Crippen molar-refractivity contribution in [2.45, 2.75) is 16.7 Å². The summed E-state index contributed by atoms with van der Waals surface area (Å²) < 4.78 is 13.4. The number of thioether (sulfide) groups is 2. The van der Waals surface area contributed by atoms with Crippen LogP contribution in [0, 0.1) is 12.7 Å². The topological polar surface area (TPSA) is 37.3 Å². The van der Waals surface area contributed by atoms with Gasteiger partial charge in [-0.1, -0.05) is 18.2 Å². The second kappa shape index (κ2) is 7.52. The highest BCUT2D eigenvalue weighted by Crippen LogP contribution is 2.26. The van der Waals surface area contributed by atoms with Crippen molar-refractivity contribution >= 4 is 29.5 Å². The summed E-state index contributed by atoms with van der Waals surface area (Å²) in [6.45, 7) is 1.78. The summed E-state index contributed by atoms with van der Waals surface area (Å²) >= 11 is 3.05. The van der Waals surface area contributed by atoms with E-state index in [2.05, 4.69) is 0 Å². The average Bonchev–Trinajstić information content (AvgIpc) is 2.46. The SMILES string of the molecule is Cc1ccc(SCCSc2ccccc2F)cc1C(=O)O. The van der Waals surface area contributed by atoms with E-state index in [0.717, 1.165) is 22.0 Å². The smallest absolute Gasteiger partial charge is 0.335 e. The number of carboxylic acids is 1. The van der Waals surface area contributed by atoms with E-state index in [1.165, 1.54) is 17.8 Å². The number of carboxylic acid groups (broad SMARTS) is 1. The van der Waals surface area contributed by atoms with Crippen LogP contribution in [0.5, 0.6) is 0 Å². The predicted molar refractivity (Wildman–Crippen MR) is 86.0 cm³/mol. The van der Waals surface area contributed by atoms with Gasteiger partial charge in [-0.05, 0) is 36.8 Å². The third-order valence-electron chi connectivity index (χ3n) is 2.89. The number of hydrogen-bond donors (Lipinski definition) is 1. The Kier molecular flexibility index (Phi) is 5.70. The van der Waals surface area contributed by atoms with Crippen LogP contribution in [0.1, 0.15) is 15.9 Å². The molecule has 0 amide bonds. The lowest BCUT2D eigenvalue weighted by atomic mass is 10.1. The third-order valence-corrected chi connectivity index (χ3v) is 5.19. The largest absolute Gasteiger partial charge is 0.478 e. The molecule has 2 aromatic rings. The summed E-state index contributed by atoms with van der Waals surface area (Å²) in [6.07, 6.45) is 0. The summed E-state index contributed by atoms with van der Waals surface area (Å²) in [5.41, 5.74) is 1.09. The molecule has 2 rings (SSSR count). The van der Waals surface area contributed by atoms with E-state index in [4.69, 9.17) is 5.11 Å². The summed E-state index contributed by atoms with van der Waals surface area (Å²) in [4.78, 5) is 12.6. The minimum Gasteiger partial charge on any atom is -0.478 e. The van der Waals surface area contributed by atoms with Gasteiger partial charge in [0.2, 0.25) is 0 Å². The summed E-state index contributed by atoms with van der Waals surface area (Å²) in [7, 11) is 0. The Morgan fingerprint density at radius 3 is 2.57 bits per heavy atom. The zero-order chi connectivity index (χ0) is 15.2. The fourth-order valence-electron chi connectivity index (χ4n) is 1.79. The van der Waals surface area contributed by atoms with E-state index in [0.29, 0.717) is 10.5 Å². The molecule has 0 spiro atoms. The number of carbonyl (C=O) groups is 1. The van der Waals surface area contributed by atoms with Crippen LogP contribution >= 0.6 is 23.5 Å². The molecule has 0 aliphatic heterocycles. The van der Waals surface area contributed by atoms with Gasteiger partial charge in [0.05, 0.1) is 5.56 Å². The van der Waals surface area contributed by atoms with E-state index in [-0.39, 0.29) is 5.82 Å². The summed E-state index contributed by atoms with van der Waals surface area (Å²) in [5.74, 6) is 0.454. The average molecular weight is 322 g/mol. The molecule has 0 radical (unpaired) electrons. The number of aryl methyl sites for hydroxylation is 1. The first-order chi connectivity index (χ1) is 10.1. The molecule has 21 heavy (non-hydrogen) atoms. The molecule has 0 bridgehead atoms. The highest BCUT2D eigenvalue weighted by atomic mass is 32.2. The molecule has 0 aromatic heterocycles. The first-order valence-corrected chi connectivity index (χ1v) is 8.39. The Morgan fingerprint density at radius 2 is 1.86 bits per heavy atom. The van der Waals surface area contributed by atoms with Gasteiger partial charge in [-0.25, -0.2) is 9.18 Å². The van der Waals surface area contributed by atoms with Gasteiger partial charge in [-0.15, -0.1) is 23.5 Å². The van der Waals surface area contributed by atoms with E-state index < -0.39 is 5.97 Å². The maximum Gasteiger partial charge on any atom is 0.335 e. The monoisotopic (exact) mass is 322 g/mol. The van der Waals surface area contributed by atoms with Gasteiger partial charge >= 0.3 is 5.97 Å². The van der Waals surface area contributed by atoms with Crippen LogP contribution in [-0.4, -0.2) is 22.6 Å². The Morgan fingerprint density at radius 1 is 1.14 bits per heavy atom. The first-order valence-electron chi connectivity index (χ1n) is 6.42. The van der Waals surface area contributed by atoms with Gasteiger partial charge in [-0.2, -0.15) is 0 Å². The second-order valence-corrected chi connectivity index (χ2v) is 6.71. The van der Waals surface area contributed by atoms with Crippen molar-refractivity contribution in [3.63, 3.8) is 0 Å². The molecule has 0 fully saturated rings. The zero-order valence-corrected chi connectivity index (χ0v) is 13.1. The van der Waals surface area contributed by atoms with Crippen LogP contribution in [0.15, 0.2) is 52.3 Å². The lowest BCUT2D eigenvalue weighted by Gasteiger charge is -2.06. The highest BCUT2D eigenvalue weighted by molar-refractivity contribution is 8.03. The summed E-state index contributed by atoms with van der Waals surface area (Å²) in [5, 5.41) is 9.09. The zero-order valence-electron chi connectivity index (χ0n) is 11.5. The van der Waals surface area contributed by atoms with Crippen molar-refractivity contribution in [3.05, 3.63) is 59.4 Å². The number of benzene rings is 2. The molecule has 0 aliphatic carbocycles. The van der Waals surface area contributed by atoms with Crippen LogP contribution in [0.25, 0.3) is 0 Å². The van der Waals surface area contributed by atoms with E-state index in [1.54, 1.807) is 36.9 Å². The molecule has 0 unspecified atom stereocenters. The third kappa shape index (κ3) is 4.51. The molecular formula is C16H15FO2S2. The van der Waals surface area contributed by atoms with Gasteiger partial charge in [-0.3, -0.25) is 0 Å². The Balaban J connectivity index is 1.88. The molecule has 0 saturated carbocycles. The maximum absolute atomic E-state index is 13.4. The van der Waals surface area contributed by atoms with Crippen LogP contribution in [-0.2, 0) is 0 Å². The van der Waals surface area contributed by atoms with Gasteiger partial charge in [0.15, 0.2) is 0 Å². The van der Waals surface area contributed by atoms with Crippen molar-refractivity contribution in [2.75, 3.05) is 11.5 Å². The second-order valence-electron chi connectivity index (χ2n) is 4.41. The van der Waals surface area contributed by atoms with Crippen molar-refractivity contribution in [1.29, 1.82) is 0 Å². The standard InChI is InChI=1S/C16H15FO2S2/c1-11-6-7-12(10-13(11)16(18)19)20-8-9-21-15-5-3-2-4-14(15)17/h2-7,10H,8-9H2,1H3,(H,18,19). The molecule has 2 nitrogen and oxygen atoms in total. The first kappa shape index (κ1) is 15.9. The van der Waals surface area contributed by atoms with Crippen LogP contribution < -0.4 is 0 Å². The van der Waals surface area contributed by atoms with E-state index in [9.17, 15) is 9.18 Å². The Labute approximate surface area is 131 Å². The lowest BCUT2D eigenvalue weighted by molar-refractivity contribution is 0.0696. The van der Waals surface area contributed by atoms with E-state index >= 15 is 0 Å². The van der Waals surface area contributed by atoms with Gasteiger partial charge in [0, 0.05) is 21.3 Å². The number of hydrogen-bond acceptors (Lipinski definition) is 3. The fourth-order valence-corrected chi connectivity index (χ4v) is 3.66. The molecule has 110 valence electrons. The molecule has 0 heterocycles. The molecule has 0 atom stereocenters. The predicted octanol–water partition coefficient (Wildman–Crippen LogP) is 4.72. The van der Waals surface area contributed by atoms with Gasteiger partial charge < -0.3 is 5.11 Å². The minimum atomic E-state index is -0.907. The van der Waals surface area contributed by atoms with Crippen molar-refractivity contribution in [2.24, 2.45) is 0 Å². The van der Waals surface area contributed by atoms with Crippen molar-refractivity contribution in [3.8, 4) is 0 Å². The Hall–Kier alpha value is -1.46. The number of halogens is 1. The normalized spacial score (nSPS) is 10.6. The molecular weight excluding hydrogens is 307 g/mol. The van der Waals surface area contributed by atoms with Gasteiger partial charge in [0.25, 0.3) is 0 Å². The van der Waals surface area contributed by atoms with Crippen LogP contribution in [0.2, 0.25) is 0 Å². The molecule has 2 aromatic carbocycles. The molecule has 1 N–H and O–H groups in total. The van der Waals surface area contributed by atoms with E-state index in [1.807, 2.05) is 18.2 Å². The minimum absolute atomic E-state index is 0.198. The molecule has 0 saturated heterocycles. The maximum atomic E-state index is 13.4. The van der Waals surface area contributed by atoms with Crippen molar-refractivity contribution in [1.82, 2.24) is 0 Å². The number of aromatic carboxylic acids is 1. The van der Waals surface area contributed by atoms with Crippen LogP contribution in [0.3, 0.4) is 0 Å². The lowest BCUT2D eigenvalue weighted by Crippen LogP contribution is -1.99. The van der Waals surface area contributed by atoms with Crippen LogP contribution in [0.4, 0.5) is 4.39 Å².